The highest BCUT2D eigenvalue weighted by molar-refractivity contribution is 5.75. The third-order valence-electron chi connectivity index (χ3n) is 6.26. The lowest BCUT2D eigenvalue weighted by atomic mass is 9.57. The number of fused-ring (bicyclic) bond motifs is 2. The molecule has 2 N–H and O–H groups in total. The van der Waals surface area contributed by atoms with Crippen molar-refractivity contribution in [3.8, 4) is 0 Å². The number of rotatable bonds is 4. The Morgan fingerprint density at radius 1 is 1.36 bits per heavy atom. The average molecular weight is 347 g/mol. The van der Waals surface area contributed by atoms with Crippen LogP contribution >= 0.6 is 0 Å². The van der Waals surface area contributed by atoms with Crippen LogP contribution in [0, 0.1) is 17.3 Å². The number of nitrogens with one attached hydrogen (secondary N) is 2. The van der Waals surface area contributed by atoms with Gasteiger partial charge in [-0.15, -0.1) is 10.2 Å². The number of nitrogens with zero attached hydrogens (tertiary/aromatic N) is 3. The molecule has 0 unspecified atom stereocenters. The summed E-state index contributed by atoms with van der Waals surface area (Å²) in [4.78, 5) is 12.7. The van der Waals surface area contributed by atoms with E-state index in [4.69, 9.17) is 4.74 Å². The summed E-state index contributed by atoms with van der Waals surface area (Å²) in [6.45, 7) is 10.3. The topological polar surface area (TPSA) is 81.1 Å². The zero-order valence-electron chi connectivity index (χ0n) is 15.6. The number of aryl methyl sites for hydroxylation is 1. The molecular weight excluding hydrogens is 318 g/mol. The van der Waals surface area contributed by atoms with E-state index in [0.29, 0.717) is 5.92 Å². The van der Waals surface area contributed by atoms with Gasteiger partial charge in [0.05, 0.1) is 12.1 Å². The van der Waals surface area contributed by atoms with Gasteiger partial charge in [0.15, 0.2) is 5.82 Å². The molecule has 3 heterocycles. The van der Waals surface area contributed by atoms with Crippen LogP contribution in [0.4, 0.5) is 4.79 Å². The smallest absolute Gasteiger partial charge is 0.315 e. The second-order valence-corrected chi connectivity index (χ2v) is 8.61. The first-order valence-electron chi connectivity index (χ1n) is 9.50. The molecule has 2 fully saturated rings. The predicted molar refractivity (Wildman–Crippen MR) is 93.0 cm³/mol. The van der Waals surface area contributed by atoms with E-state index in [-0.39, 0.29) is 35.6 Å². The number of amides is 2. The predicted octanol–water partition coefficient (Wildman–Crippen LogP) is 2.03. The first-order chi connectivity index (χ1) is 11.9. The molecule has 1 saturated carbocycles. The van der Waals surface area contributed by atoms with Crippen LogP contribution < -0.4 is 10.6 Å². The summed E-state index contributed by atoms with van der Waals surface area (Å²) in [6, 6.07) is -0.0763. The summed E-state index contributed by atoms with van der Waals surface area (Å²) >= 11 is 0. The van der Waals surface area contributed by atoms with Crippen molar-refractivity contribution >= 4 is 6.03 Å². The molecule has 1 saturated heterocycles. The van der Waals surface area contributed by atoms with Gasteiger partial charge in [0.1, 0.15) is 5.82 Å². The summed E-state index contributed by atoms with van der Waals surface area (Å²) in [5.74, 6) is 2.61. The second kappa shape index (κ2) is 5.97. The number of aromatic nitrogens is 3. The van der Waals surface area contributed by atoms with Crippen molar-refractivity contribution in [2.75, 3.05) is 6.61 Å². The number of hydrogen-bond donors (Lipinski definition) is 2. The minimum atomic E-state index is -0.127. The van der Waals surface area contributed by atoms with E-state index in [9.17, 15) is 4.79 Å². The maximum Gasteiger partial charge on any atom is 0.315 e. The fraction of sp³-hybridized carbons (Fsp3) is 0.833. The van der Waals surface area contributed by atoms with E-state index in [0.717, 1.165) is 44.1 Å². The molecule has 7 heteroatoms. The lowest BCUT2D eigenvalue weighted by Crippen LogP contribution is -2.67. The fourth-order valence-corrected chi connectivity index (χ4v) is 4.87. The summed E-state index contributed by atoms with van der Waals surface area (Å²) in [6.07, 6.45) is 3.39. The van der Waals surface area contributed by atoms with Gasteiger partial charge in [-0.3, -0.25) is 0 Å². The van der Waals surface area contributed by atoms with E-state index < -0.39 is 0 Å². The van der Waals surface area contributed by atoms with Crippen LogP contribution in [0.5, 0.6) is 0 Å². The molecule has 138 valence electrons. The zero-order valence-corrected chi connectivity index (χ0v) is 15.6. The molecule has 7 nitrogen and oxygen atoms in total. The van der Waals surface area contributed by atoms with E-state index in [1.807, 2.05) is 0 Å². The Labute approximate surface area is 148 Å². The van der Waals surface area contributed by atoms with Crippen molar-refractivity contribution in [3.05, 3.63) is 11.6 Å². The molecule has 2 aliphatic heterocycles. The Morgan fingerprint density at radius 3 is 2.92 bits per heavy atom. The van der Waals surface area contributed by atoms with Gasteiger partial charge in [-0.05, 0) is 18.8 Å². The molecule has 25 heavy (non-hydrogen) atoms. The van der Waals surface area contributed by atoms with Gasteiger partial charge in [0.25, 0.3) is 0 Å². The van der Waals surface area contributed by atoms with Gasteiger partial charge in [-0.2, -0.15) is 0 Å². The second-order valence-electron chi connectivity index (χ2n) is 8.61. The third kappa shape index (κ3) is 2.63. The van der Waals surface area contributed by atoms with Crippen molar-refractivity contribution in [2.45, 2.75) is 71.7 Å². The molecule has 0 radical (unpaired) electrons. The lowest BCUT2D eigenvalue weighted by molar-refractivity contribution is -0.108. The maximum absolute atomic E-state index is 12.7. The van der Waals surface area contributed by atoms with Crippen LogP contribution in [-0.2, 0) is 17.7 Å². The number of carbonyl (C=O) groups is 1. The quantitative estimate of drug-likeness (QED) is 0.873. The Hall–Kier alpha value is -1.63. The zero-order chi connectivity index (χ0) is 17.8. The number of carbonyl (C=O) groups excluding carboxylic acids is 1. The minimum absolute atomic E-state index is 0.0120. The van der Waals surface area contributed by atoms with Gasteiger partial charge in [0, 0.05) is 36.9 Å². The fourth-order valence-electron chi connectivity index (χ4n) is 4.87. The molecule has 2 amide bonds. The van der Waals surface area contributed by atoms with Gasteiger partial charge >= 0.3 is 6.03 Å². The maximum atomic E-state index is 12.7. The van der Waals surface area contributed by atoms with Crippen molar-refractivity contribution in [2.24, 2.45) is 17.3 Å². The Bertz CT molecular complexity index is 668. The van der Waals surface area contributed by atoms with Crippen LogP contribution in [0.1, 0.15) is 58.2 Å². The standard InChI is InChI=1S/C18H29N5O2/c1-10(2)13(16-22-21-12-6-5-8-23(12)16)19-17(24)20-14-11-7-9-25-15(11)18(14,3)4/h10-11,13-15H,5-9H2,1-4H3,(H2,19,20,24)/t11-,13+,14-,15-/m1/s1. The largest absolute Gasteiger partial charge is 0.377 e. The Kier molecular flexibility index (Phi) is 4.02. The molecule has 0 bridgehead atoms. The molecule has 4 atom stereocenters. The first kappa shape index (κ1) is 16.8. The van der Waals surface area contributed by atoms with Gasteiger partial charge in [-0.1, -0.05) is 27.7 Å². The van der Waals surface area contributed by atoms with E-state index in [1.165, 1.54) is 0 Å². The van der Waals surface area contributed by atoms with Gasteiger partial charge in [-0.25, -0.2) is 4.79 Å². The van der Waals surface area contributed by atoms with Crippen LogP contribution in [-0.4, -0.2) is 39.5 Å². The van der Waals surface area contributed by atoms with Gasteiger partial charge in [0.2, 0.25) is 0 Å². The highest BCUT2D eigenvalue weighted by Crippen LogP contribution is 2.52. The molecule has 3 aliphatic rings. The molecule has 1 aromatic heterocycles. The van der Waals surface area contributed by atoms with Crippen molar-refractivity contribution in [1.29, 1.82) is 0 Å². The highest BCUT2D eigenvalue weighted by atomic mass is 16.5. The lowest BCUT2D eigenvalue weighted by Gasteiger charge is -2.54. The number of urea groups is 1. The molecule has 0 spiro atoms. The average Bonchev–Trinajstić information content (AvgIpc) is 3.25. The molecule has 1 aromatic rings. The van der Waals surface area contributed by atoms with Crippen LogP contribution in [0.15, 0.2) is 0 Å². The van der Waals surface area contributed by atoms with E-state index >= 15 is 0 Å². The minimum Gasteiger partial charge on any atom is -0.377 e. The van der Waals surface area contributed by atoms with E-state index in [2.05, 4.69) is 53.1 Å². The summed E-state index contributed by atoms with van der Waals surface area (Å²) in [5.41, 5.74) is -0.0120. The molecule has 0 aromatic carbocycles. The van der Waals surface area contributed by atoms with Crippen molar-refractivity contribution in [3.63, 3.8) is 0 Å². The molecular formula is C18H29N5O2. The summed E-state index contributed by atoms with van der Waals surface area (Å²) in [7, 11) is 0. The van der Waals surface area contributed by atoms with Gasteiger partial charge < -0.3 is 19.9 Å². The summed E-state index contributed by atoms with van der Waals surface area (Å²) < 4.78 is 7.98. The third-order valence-corrected chi connectivity index (χ3v) is 6.26. The van der Waals surface area contributed by atoms with Crippen molar-refractivity contribution < 1.29 is 9.53 Å². The Balaban J connectivity index is 1.45. The molecule has 1 aliphatic carbocycles. The number of hydrogen-bond acceptors (Lipinski definition) is 4. The van der Waals surface area contributed by atoms with E-state index in [1.54, 1.807) is 0 Å². The van der Waals surface area contributed by atoms with Crippen LogP contribution in [0.25, 0.3) is 0 Å². The summed E-state index contributed by atoms with van der Waals surface area (Å²) in [5, 5.41) is 15.0. The molecule has 4 rings (SSSR count). The number of ether oxygens (including phenoxy) is 1. The normalized spacial score (nSPS) is 30.5. The van der Waals surface area contributed by atoms with Crippen LogP contribution in [0.3, 0.4) is 0 Å². The SMILES string of the molecule is CC(C)[C@H](NC(=O)N[C@@H]1[C@H]2CCO[C@H]2C1(C)C)c1nnc2n1CCC2. The van der Waals surface area contributed by atoms with Crippen LogP contribution in [0.2, 0.25) is 0 Å². The monoisotopic (exact) mass is 347 g/mol. The Morgan fingerprint density at radius 2 is 2.16 bits per heavy atom. The van der Waals surface area contributed by atoms with Crippen molar-refractivity contribution in [1.82, 2.24) is 25.4 Å². The first-order valence-corrected chi connectivity index (χ1v) is 9.50. The highest BCUT2D eigenvalue weighted by Gasteiger charge is 2.59.